The molecule has 1 heterocycles. The second kappa shape index (κ2) is 5.63. The van der Waals surface area contributed by atoms with Crippen LogP contribution in [0.4, 0.5) is 0 Å². The fourth-order valence-corrected chi connectivity index (χ4v) is 2.71. The Morgan fingerprint density at radius 1 is 1.26 bits per heavy atom. The van der Waals surface area contributed by atoms with Gasteiger partial charge < -0.3 is 15.2 Å². The molecule has 19 heavy (non-hydrogen) atoms. The molecule has 2 N–H and O–H groups in total. The van der Waals surface area contributed by atoms with E-state index in [1.807, 2.05) is 25.2 Å². The smallest absolute Gasteiger partial charge is 0.161 e. The molecule has 0 spiro atoms. The Hall–Kier alpha value is -1.53. The van der Waals surface area contributed by atoms with Crippen LogP contribution in [-0.4, -0.2) is 24.0 Å². The summed E-state index contributed by atoms with van der Waals surface area (Å²) in [5.74, 6) is 1.38. The van der Waals surface area contributed by atoms with E-state index in [0.717, 1.165) is 21.4 Å². The molecule has 0 aliphatic heterocycles. The van der Waals surface area contributed by atoms with Crippen LogP contribution in [0.5, 0.6) is 11.5 Å². The lowest BCUT2D eigenvalue weighted by atomic mass is 10.1. The fraction of sp³-hybridized carbons (Fsp3) is 0.308. The van der Waals surface area contributed by atoms with E-state index in [1.54, 1.807) is 18.9 Å². The van der Waals surface area contributed by atoms with Crippen LogP contribution in [0.25, 0.3) is 11.3 Å². The maximum Gasteiger partial charge on any atom is 0.161 e. The molecule has 0 amide bonds. The Kier molecular flexibility index (Phi) is 4.11. The van der Waals surface area contributed by atoms with Crippen molar-refractivity contribution in [3.05, 3.63) is 28.4 Å². The average molecular weight is 326 g/mol. The molecule has 5 nitrogen and oxygen atoms in total. The van der Waals surface area contributed by atoms with E-state index in [-0.39, 0.29) is 0 Å². The number of rotatable bonds is 4. The summed E-state index contributed by atoms with van der Waals surface area (Å²) in [4.78, 5) is 0. The van der Waals surface area contributed by atoms with Crippen LogP contribution in [0.3, 0.4) is 0 Å². The van der Waals surface area contributed by atoms with Gasteiger partial charge in [-0.3, -0.25) is 4.68 Å². The molecule has 0 aliphatic carbocycles. The molecule has 0 aliphatic rings. The predicted octanol–water partition coefficient (Wildman–Crippen LogP) is 2.33. The lowest BCUT2D eigenvalue weighted by Crippen LogP contribution is -1.99. The lowest BCUT2D eigenvalue weighted by Gasteiger charge is -2.10. The van der Waals surface area contributed by atoms with Gasteiger partial charge in [0.25, 0.3) is 0 Å². The quantitative estimate of drug-likeness (QED) is 0.937. The first-order valence-corrected chi connectivity index (χ1v) is 6.55. The first kappa shape index (κ1) is 13.9. The van der Waals surface area contributed by atoms with Crippen molar-refractivity contribution in [1.29, 1.82) is 0 Å². The normalized spacial score (nSPS) is 10.6. The van der Waals surface area contributed by atoms with Gasteiger partial charge in [0.2, 0.25) is 0 Å². The SMILES string of the molecule is COc1ccc(-c2c(Br)c(CN)nn2C)cc1OC. The summed E-state index contributed by atoms with van der Waals surface area (Å²) in [6.45, 7) is 0.391. The third-order valence-electron chi connectivity index (χ3n) is 2.91. The Bertz CT molecular complexity index is 596. The molecule has 2 rings (SSSR count). The number of nitrogens with two attached hydrogens (primary N) is 1. The van der Waals surface area contributed by atoms with Crippen molar-refractivity contribution in [3.8, 4) is 22.8 Å². The van der Waals surface area contributed by atoms with Gasteiger partial charge in [-0.25, -0.2) is 0 Å². The van der Waals surface area contributed by atoms with E-state index in [2.05, 4.69) is 21.0 Å². The third-order valence-corrected chi connectivity index (χ3v) is 3.74. The monoisotopic (exact) mass is 325 g/mol. The van der Waals surface area contributed by atoms with Crippen molar-refractivity contribution in [2.45, 2.75) is 6.54 Å². The van der Waals surface area contributed by atoms with E-state index in [0.29, 0.717) is 18.0 Å². The topological polar surface area (TPSA) is 62.3 Å². The van der Waals surface area contributed by atoms with Crippen molar-refractivity contribution in [2.24, 2.45) is 12.8 Å². The number of ether oxygens (including phenoxy) is 2. The largest absolute Gasteiger partial charge is 0.493 e. The summed E-state index contributed by atoms with van der Waals surface area (Å²) in [6, 6.07) is 5.75. The molecule has 0 unspecified atom stereocenters. The van der Waals surface area contributed by atoms with E-state index in [4.69, 9.17) is 15.2 Å². The molecule has 1 aromatic carbocycles. The Morgan fingerprint density at radius 3 is 2.47 bits per heavy atom. The number of aryl methyl sites for hydroxylation is 1. The maximum atomic E-state index is 5.66. The first-order chi connectivity index (χ1) is 9.12. The zero-order valence-electron chi connectivity index (χ0n) is 11.1. The summed E-state index contributed by atoms with van der Waals surface area (Å²) in [6.07, 6.45) is 0. The van der Waals surface area contributed by atoms with Crippen LogP contribution in [0.1, 0.15) is 5.69 Å². The number of halogens is 1. The second-order valence-corrected chi connectivity index (χ2v) is 4.80. The molecule has 0 atom stereocenters. The van der Waals surface area contributed by atoms with Crippen LogP contribution in [-0.2, 0) is 13.6 Å². The Morgan fingerprint density at radius 2 is 1.95 bits per heavy atom. The minimum atomic E-state index is 0.391. The van der Waals surface area contributed by atoms with Crippen LogP contribution in [0.2, 0.25) is 0 Å². The number of hydrogen-bond donors (Lipinski definition) is 1. The molecule has 0 bridgehead atoms. The van der Waals surface area contributed by atoms with Gasteiger partial charge in [0.1, 0.15) is 0 Å². The summed E-state index contributed by atoms with van der Waals surface area (Å²) in [5.41, 5.74) is 8.43. The van der Waals surface area contributed by atoms with Crippen molar-refractivity contribution in [2.75, 3.05) is 14.2 Å². The number of hydrogen-bond acceptors (Lipinski definition) is 4. The molecular formula is C13H16BrN3O2. The summed E-state index contributed by atoms with van der Waals surface area (Å²) in [5, 5.41) is 4.38. The molecule has 2 aromatic rings. The Labute approximate surface area is 120 Å². The highest BCUT2D eigenvalue weighted by Crippen LogP contribution is 2.36. The minimum absolute atomic E-state index is 0.391. The standard InChI is InChI=1S/C13H16BrN3O2/c1-17-13(12(14)9(7-15)16-17)8-4-5-10(18-2)11(6-8)19-3/h4-6H,7,15H2,1-3H3. The molecule has 0 saturated carbocycles. The van der Waals surface area contributed by atoms with Gasteiger partial charge in [0.05, 0.1) is 30.1 Å². The highest BCUT2D eigenvalue weighted by Gasteiger charge is 2.16. The molecule has 102 valence electrons. The zero-order chi connectivity index (χ0) is 14.0. The van der Waals surface area contributed by atoms with Crippen molar-refractivity contribution < 1.29 is 9.47 Å². The van der Waals surface area contributed by atoms with Gasteiger partial charge in [-0.05, 0) is 34.1 Å². The Balaban J connectivity index is 2.56. The zero-order valence-corrected chi connectivity index (χ0v) is 12.7. The molecule has 0 saturated heterocycles. The van der Waals surface area contributed by atoms with E-state index in [9.17, 15) is 0 Å². The average Bonchev–Trinajstić information content (AvgIpc) is 2.72. The predicted molar refractivity (Wildman–Crippen MR) is 77.3 cm³/mol. The van der Waals surface area contributed by atoms with Crippen LogP contribution in [0, 0.1) is 0 Å². The van der Waals surface area contributed by atoms with E-state index >= 15 is 0 Å². The first-order valence-electron chi connectivity index (χ1n) is 5.76. The van der Waals surface area contributed by atoms with Gasteiger partial charge in [0.15, 0.2) is 11.5 Å². The molecule has 6 heteroatoms. The molecular weight excluding hydrogens is 310 g/mol. The third kappa shape index (κ3) is 2.46. The lowest BCUT2D eigenvalue weighted by molar-refractivity contribution is 0.355. The van der Waals surface area contributed by atoms with Crippen molar-refractivity contribution in [1.82, 2.24) is 9.78 Å². The number of benzene rings is 1. The highest BCUT2D eigenvalue weighted by atomic mass is 79.9. The van der Waals surface area contributed by atoms with Crippen LogP contribution >= 0.6 is 15.9 Å². The summed E-state index contributed by atoms with van der Waals surface area (Å²) >= 11 is 3.55. The summed E-state index contributed by atoms with van der Waals surface area (Å²) < 4.78 is 13.3. The number of aromatic nitrogens is 2. The second-order valence-electron chi connectivity index (χ2n) is 4.01. The van der Waals surface area contributed by atoms with Gasteiger partial charge in [-0.2, -0.15) is 5.10 Å². The van der Waals surface area contributed by atoms with E-state index < -0.39 is 0 Å². The van der Waals surface area contributed by atoms with Gasteiger partial charge in [-0.1, -0.05) is 0 Å². The van der Waals surface area contributed by atoms with E-state index in [1.165, 1.54) is 0 Å². The highest BCUT2D eigenvalue weighted by molar-refractivity contribution is 9.10. The van der Waals surface area contributed by atoms with Crippen LogP contribution < -0.4 is 15.2 Å². The number of methoxy groups -OCH3 is 2. The minimum Gasteiger partial charge on any atom is -0.493 e. The maximum absolute atomic E-state index is 5.66. The molecule has 0 fully saturated rings. The van der Waals surface area contributed by atoms with Gasteiger partial charge >= 0.3 is 0 Å². The fourth-order valence-electron chi connectivity index (χ4n) is 1.98. The van der Waals surface area contributed by atoms with Crippen molar-refractivity contribution >= 4 is 15.9 Å². The molecule has 1 aromatic heterocycles. The summed E-state index contributed by atoms with van der Waals surface area (Å²) in [7, 11) is 5.12. The molecule has 0 radical (unpaired) electrons. The van der Waals surface area contributed by atoms with Crippen LogP contribution in [0.15, 0.2) is 22.7 Å². The van der Waals surface area contributed by atoms with Gasteiger partial charge in [-0.15, -0.1) is 0 Å². The number of nitrogens with zero attached hydrogens (tertiary/aromatic N) is 2. The van der Waals surface area contributed by atoms with Gasteiger partial charge in [0, 0.05) is 19.2 Å². The van der Waals surface area contributed by atoms with Crippen molar-refractivity contribution in [3.63, 3.8) is 0 Å².